The van der Waals surface area contributed by atoms with Crippen LogP contribution in [0.1, 0.15) is 63.5 Å². The molecule has 1 nitrogen and oxygen atoms in total. The number of rotatable bonds is 10. The van der Waals surface area contributed by atoms with E-state index < -0.39 is 17.1 Å². The van der Waals surface area contributed by atoms with Crippen molar-refractivity contribution in [1.82, 2.24) is 0 Å². The molecule has 0 bridgehead atoms. The molecule has 0 saturated carbocycles. The van der Waals surface area contributed by atoms with Gasteiger partial charge in [-0.1, -0.05) is 87.4 Å². The number of ketones is 1. The number of hydrogen-bond donors (Lipinski definition) is 0. The molecule has 0 heterocycles. The van der Waals surface area contributed by atoms with Crippen LogP contribution < -0.4 is 0 Å². The van der Waals surface area contributed by atoms with Gasteiger partial charge in [0.2, 0.25) is 5.78 Å². The summed E-state index contributed by atoms with van der Waals surface area (Å²) in [5.74, 6) is -0.968. The molecule has 2 unspecified atom stereocenters. The first kappa shape index (κ1) is 20.3. The van der Waals surface area contributed by atoms with E-state index in [0.717, 1.165) is 12.8 Å². The van der Waals surface area contributed by atoms with E-state index >= 15 is 8.78 Å². The second kappa shape index (κ2) is 9.07. The molecular weight excluding hydrogens is 330 g/mol. The average Bonchev–Trinajstić information content (AvgIpc) is 2.71. The third kappa shape index (κ3) is 4.20. The van der Waals surface area contributed by atoms with Gasteiger partial charge in [0.1, 0.15) is 0 Å². The van der Waals surface area contributed by atoms with E-state index in [1.165, 1.54) is 0 Å². The molecule has 0 aromatic heterocycles. The van der Waals surface area contributed by atoms with E-state index in [9.17, 15) is 4.79 Å². The lowest BCUT2D eigenvalue weighted by Crippen LogP contribution is -2.44. The van der Waals surface area contributed by atoms with Gasteiger partial charge in [0, 0.05) is 0 Å². The third-order valence-corrected chi connectivity index (χ3v) is 4.93. The van der Waals surface area contributed by atoms with Gasteiger partial charge in [-0.15, -0.1) is 0 Å². The summed E-state index contributed by atoms with van der Waals surface area (Å²) in [5.41, 5.74) is -4.16. The number of carbonyl (C=O) groups is 1. The normalized spacial score (nSPS) is 15.8. The van der Waals surface area contributed by atoms with Gasteiger partial charge in [0.25, 0.3) is 0 Å². The SMILES string of the molecule is CCCCC(F)(C(=O)C(F)(CCCC)c1ccccc1)c1ccccc1. The first-order chi connectivity index (χ1) is 12.5. The maximum Gasteiger partial charge on any atom is 0.216 e. The molecule has 0 aliphatic carbocycles. The molecule has 0 N–H and O–H groups in total. The van der Waals surface area contributed by atoms with Gasteiger partial charge in [-0.25, -0.2) is 8.78 Å². The largest absolute Gasteiger partial charge is 0.292 e. The summed E-state index contributed by atoms with van der Waals surface area (Å²) in [6.07, 6.45) is 2.52. The first-order valence-corrected chi connectivity index (χ1v) is 9.52. The van der Waals surface area contributed by atoms with Gasteiger partial charge in [-0.05, 0) is 36.8 Å². The van der Waals surface area contributed by atoms with Crippen molar-refractivity contribution in [2.45, 2.75) is 63.7 Å². The van der Waals surface area contributed by atoms with Gasteiger partial charge in [0.05, 0.1) is 0 Å². The molecule has 2 atom stereocenters. The van der Waals surface area contributed by atoms with E-state index in [2.05, 4.69) is 0 Å². The molecule has 2 aromatic rings. The quantitative estimate of drug-likeness (QED) is 0.464. The van der Waals surface area contributed by atoms with Crippen LogP contribution in [-0.2, 0) is 16.1 Å². The highest BCUT2D eigenvalue weighted by molar-refractivity contribution is 5.96. The Kier molecular flexibility index (Phi) is 7.07. The van der Waals surface area contributed by atoms with Crippen LogP contribution in [0.25, 0.3) is 0 Å². The van der Waals surface area contributed by atoms with Crippen LogP contribution in [0.5, 0.6) is 0 Å². The second-order valence-electron chi connectivity index (χ2n) is 6.87. The van der Waals surface area contributed by atoms with Crippen LogP contribution in [0.2, 0.25) is 0 Å². The zero-order valence-corrected chi connectivity index (χ0v) is 15.7. The van der Waals surface area contributed by atoms with Gasteiger partial charge in [-0.3, -0.25) is 4.79 Å². The molecule has 2 aromatic carbocycles. The van der Waals surface area contributed by atoms with Crippen molar-refractivity contribution in [3.63, 3.8) is 0 Å². The summed E-state index contributed by atoms with van der Waals surface area (Å²) in [4.78, 5) is 13.3. The number of alkyl halides is 2. The molecular formula is C23H28F2O. The summed E-state index contributed by atoms with van der Waals surface area (Å²) in [6, 6.07) is 16.6. The molecule has 0 amide bonds. The highest BCUT2D eigenvalue weighted by atomic mass is 19.2. The van der Waals surface area contributed by atoms with Crippen LogP contribution in [0.4, 0.5) is 8.78 Å². The number of benzene rings is 2. The van der Waals surface area contributed by atoms with Crippen LogP contribution in [0.15, 0.2) is 60.7 Å². The van der Waals surface area contributed by atoms with E-state index in [0.29, 0.717) is 12.8 Å². The maximum absolute atomic E-state index is 16.1. The van der Waals surface area contributed by atoms with Crippen molar-refractivity contribution in [2.75, 3.05) is 0 Å². The maximum atomic E-state index is 16.1. The standard InChI is InChI=1S/C23H28F2O/c1-3-5-17-22(24,19-13-9-7-10-14-19)21(26)23(25,18-6-4-2)20-15-11-8-12-16-20/h7-16H,3-6,17-18H2,1-2H3. The topological polar surface area (TPSA) is 17.1 Å². The van der Waals surface area contributed by atoms with Crippen LogP contribution in [-0.4, -0.2) is 5.78 Å². The Labute approximate surface area is 155 Å². The Morgan fingerprint density at radius 2 is 1.08 bits per heavy atom. The van der Waals surface area contributed by atoms with E-state index in [4.69, 9.17) is 0 Å². The van der Waals surface area contributed by atoms with Crippen LogP contribution in [0.3, 0.4) is 0 Å². The minimum atomic E-state index is -2.32. The Bertz CT molecular complexity index is 626. The highest BCUT2D eigenvalue weighted by Gasteiger charge is 2.52. The van der Waals surface area contributed by atoms with Crippen molar-refractivity contribution in [2.24, 2.45) is 0 Å². The van der Waals surface area contributed by atoms with Crippen molar-refractivity contribution >= 4 is 5.78 Å². The zero-order chi connectivity index (χ0) is 19.0. The van der Waals surface area contributed by atoms with Gasteiger partial charge in [0.15, 0.2) is 11.3 Å². The molecule has 0 spiro atoms. The predicted octanol–water partition coefficient (Wildman–Crippen LogP) is 6.67. The van der Waals surface area contributed by atoms with Crippen molar-refractivity contribution in [1.29, 1.82) is 0 Å². The zero-order valence-electron chi connectivity index (χ0n) is 15.7. The van der Waals surface area contributed by atoms with E-state index in [-0.39, 0.29) is 24.0 Å². The van der Waals surface area contributed by atoms with Crippen molar-refractivity contribution in [3.8, 4) is 0 Å². The molecule has 26 heavy (non-hydrogen) atoms. The molecule has 0 aliphatic heterocycles. The Morgan fingerprint density at radius 3 is 1.38 bits per heavy atom. The highest BCUT2D eigenvalue weighted by Crippen LogP contribution is 2.44. The molecule has 0 radical (unpaired) electrons. The van der Waals surface area contributed by atoms with Gasteiger partial charge < -0.3 is 0 Å². The van der Waals surface area contributed by atoms with Gasteiger partial charge >= 0.3 is 0 Å². The molecule has 3 heteroatoms. The molecule has 0 fully saturated rings. The van der Waals surface area contributed by atoms with E-state index in [1.807, 2.05) is 13.8 Å². The number of hydrogen-bond acceptors (Lipinski definition) is 1. The summed E-state index contributed by atoms with van der Waals surface area (Å²) in [6.45, 7) is 3.87. The average molecular weight is 358 g/mol. The fraction of sp³-hybridized carbons (Fsp3) is 0.435. The number of Topliss-reactive ketones (excluding diaryl/α,β-unsaturated/α-hetero) is 1. The molecule has 2 rings (SSSR count). The van der Waals surface area contributed by atoms with Crippen molar-refractivity contribution in [3.05, 3.63) is 71.8 Å². The van der Waals surface area contributed by atoms with Crippen LogP contribution >= 0.6 is 0 Å². The minimum absolute atomic E-state index is 0.00300. The lowest BCUT2D eigenvalue weighted by molar-refractivity contribution is -0.146. The Morgan fingerprint density at radius 1 is 0.731 bits per heavy atom. The minimum Gasteiger partial charge on any atom is -0.292 e. The van der Waals surface area contributed by atoms with Crippen LogP contribution in [0, 0.1) is 0 Å². The number of unbranched alkanes of at least 4 members (excludes halogenated alkanes) is 2. The predicted molar refractivity (Wildman–Crippen MR) is 103 cm³/mol. The summed E-state index contributed by atoms with van der Waals surface area (Å²) in [5, 5.41) is 0. The second-order valence-corrected chi connectivity index (χ2v) is 6.87. The first-order valence-electron chi connectivity index (χ1n) is 9.52. The Hall–Kier alpha value is -2.03. The molecule has 0 saturated heterocycles. The lowest BCUT2D eigenvalue weighted by atomic mass is 9.75. The smallest absolute Gasteiger partial charge is 0.216 e. The lowest BCUT2D eigenvalue weighted by Gasteiger charge is -2.33. The monoisotopic (exact) mass is 358 g/mol. The summed E-state index contributed by atoms with van der Waals surface area (Å²) >= 11 is 0. The van der Waals surface area contributed by atoms with Crippen molar-refractivity contribution < 1.29 is 13.6 Å². The molecule has 0 aliphatic rings. The van der Waals surface area contributed by atoms with Gasteiger partial charge in [-0.2, -0.15) is 0 Å². The summed E-state index contributed by atoms with van der Waals surface area (Å²) in [7, 11) is 0. The number of halogens is 2. The summed E-state index contributed by atoms with van der Waals surface area (Å²) < 4.78 is 32.2. The third-order valence-electron chi connectivity index (χ3n) is 4.93. The fourth-order valence-corrected chi connectivity index (χ4v) is 3.34. The number of carbonyl (C=O) groups excluding carboxylic acids is 1. The Balaban J connectivity index is 2.52. The van der Waals surface area contributed by atoms with E-state index in [1.54, 1.807) is 60.7 Å². The fourth-order valence-electron chi connectivity index (χ4n) is 3.34. The molecule has 140 valence electrons.